The molecule has 0 radical (unpaired) electrons. The van der Waals surface area contributed by atoms with E-state index in [0.717, 1.165) is 57.3 Å². The van der Waals surface area contributed by atoms with Gasteiger partial charge in [0, 0.05) is 6.42 Å². The Bertz CT molecular complexity index is 1170. The Kier molecular flexibility index (Phi) is 7.42. The van der Waals surface area contributed by atoms with Gasteiger partial charge in [-0.05, 0) is 105 Å². The van der Waals surface area contributed by atoms with E-state index in [9.17, 15) is 4.39 Å². The second kappa shape index (κ2) is 10.6. The molecule has 0 bridgehead atoms. The van der Waals surface area contributed by atoms with Crippen LogP contribution in [-0.2, 0) is 10.7 Å². The van der Waals surface area contributed by atoms with Crippen LogP contribution in [0.5, 0.6) is 11.5 Å². The first kappa shape index (κ1) is 25.9. The molecule has 1 aliphatic heterocycles. The molecular formula is C30H34F4O3. The van der Waals surface area contributed by atoms with E-state index in [0.29, 0.717) is 11.8 Å². The van der Waals surface area contributed by atoms with Gasteiger partial charge in [0.25, 0.3) is 0 Å². The highest BCUT2D eigenvalue weighted by Crippen LogP contribution is 2.55. The minimum absolute atomic E-state index is 0.0156. The van der Waals surface area contributed by atoms with Crippen LogP contribution in [0.2, 0.25) is 0 Å². The van der Waals surface area contributed by atoms with Crippen LogP contribution in [0, 0.1) is 29.4 Å². The van der Waals surface area contributed by atoms with Crippen molar-refractivity contribution in [2.45, 2.75) is 64.7 Å². The van der Waals surface area contributed by atoms with E-state index >= 15 is 13.2 Å². The molecule has 0 saturated heterocycles. The van der Waals surface area contributed by atoms with Crippen LogP contribution in [0.1, 0.15) is 69.9 Å². The maximum atomic E-state index is 15.4. The number of ether oxygens (including phenoxy) is 3. The number of hydrogen-bond donors (Lipinski definition) is 0. The fraction of sp³-hybridized carbons (Fsp3) is 0.533. The third kappa shape index (κ3) is 4.82. The zero-order valence-electron chi connectivity index (χ0n) is 21.4. The minimum Gasteiger partial charge on any atom is -0.498 e. The summed E-state index contributed by atoms with van der Waals surface area (Å²) in [5.74, 6) is -4.10. The summed E-state index contributed by atoms with van der Waals surface area (Å²) in [5.41, 5.74) is -1.71. The highest BCUT2D eigenvalue weighted by atomic mass is 19.3. The van der Waals surface area contributed by atoms with Crippen molar-refractivity contribution in [3.63, 3.8) is 0 Å². The van der Waals surface area contributed by atoms with Crippen molar-refractivity contribution in [1.82, 2.24) is 0 Å². The maximum absolute atomic E-state index is 15.4. The molecule has 37 heavy (non-hydrogen) atoms. The first-order valence-corrected chi connectivity index (χ1v) is 13.5. The highest BCUT2D eigenvalue weighted by molar-refractivity contribution is 5.81. The van der Waals surface area contributed by atoms with Crippen LogP contribution < -0.4 is 9.47 Å². The van der Waals surface area contributed by atoms with Crippen molar-refractivity contribution in [2.24, 2.45) is 17.8 Å². The molecule has 1 fully saturated rings. The average molecular weight is 519 g/mol. The first-order chi connectivity index (χ1) is 17.8. The van der Waals surface area contributed by atoms with E-state index < -0.39 is 28.7 Å². The Hall–Kier alpha value is -2.70. The Morgan fingerprint density at radius 2 is 1.49 bits per heavy atom. The van der Waals surface area contributed by atoms with Gasteiger partial charge in [-0.25, -0.2) is 8.78 Å². The number of halogens is 4. The normalized spacial score (nSPS) is 24.1. The van der Waals surface area contributed by atoms with Crippen molar-refractivity contribution < 1.29 is 31.8 Å². The van der Waals surface area contributed by atoms with Gasteiger partial charge in [0.05, 0.1) is 36.7 Å². The van der Waals surface area contributed by atoms with Crippen LogP contribution in [0.3, 0.4) is 0 Å². The molecule has 200 valence electrons. The summed E-state index contributed by atoms with van der Waals surface area (Å²) in [5, 5.41) is 0. The van der Waals surface area contributed by atoms with E-state index in [1.54, 1.807) is 6.92 Å². The summed E-state index contributed by atoms with van der Waals surface area (Å²) < 4.78 is 77.8. The van der Waals surface area contributed by atoms with Gasteiger partial charge in [-0.1, -0.05) is 6.92 Å². The lowest BCUT2D eigenvalue weighted by molar-refractivity contribution is 0.0389. The molecule has 7 heteroatoms. The van der Waals surface area contributed by atoms with E-state index in [2.05, 4.69) is 13.0 Å². The van der Waals surface area contributed by atoms with Gasteiger partial charge in [-0.15, -0.1) is 0 Å². The molecule has 3 aliphatic rings. The number of benzene rings is 2. The van der Waals surface area contributed by atoms with E-state index in [4.69, 9.17) is 14.2 Å². The lowest BCUT2D eigenvalue weighted by atomic mass is 9.74. The quantitative estimate of drug-likeness (QED) is 0.329. The number of hydrogen-bond acceptors (Lipinski definition) is 3. The lowest BCUT2D eigenvalue weighted by Crippen LogP contribution is -2.28. The topological polar surface area (TPSA) is 27.7 Å². The Morgan fingerprint density at radius 3 is 2.03 bits per heavy atom. The molecule has 0 amide bonds. The molecule has 1 saturated carbocycles. The van der Waals surface area contributed by atoms with E-state index in [1.807, 2.05) is 0 Å². The summed E-state index contributed by atoms with van der Waals surface area (Å²) in [4.78, 5) is 0. The predicted molar refractivity (Wildman–Crippen MR) is 134 cm³/mol. The fourth-order valence-corrected chi connectivity index (χ4v) is 6.09. The van der Waals surface area contributed by atoms with Crippen LogP contribution in [0.25, 0.3) is 11.1 Å². The van der Waals surface area contributed by atoms with Crippen LogP contribution in [0.15, 0.2) is 36.1 Å². The second-order valence-electron chi connectivity index (χ2n) is 10.4. The Morgan fingerprint density at radius 1 is 0.865 bits per heavy atom. The summed E-state index contributed by atoms with van der Waals surface area (Å²) >= 11 is 0. The first-order valence-electron chi connectivity index (χ1n) is 13.5. The van der Waals surface area contributed by atoms with Gasteiger partial charge in [0.15, 0.2) is 23.1 Å². The van der Waals surface area contributed by atoms with E-state index in [1.165, 1.54) is 24.3 Å². The van der Waals surface area contributed by atoms with Gasteiger partial charge >= 0.3 is 5.92 Å². The Labute approximate surface area is 215 Å². The molecule has 0 spiro atoms. The van der Waals surface area contributed by atoms with Crippen LogP contribution >= 0.6 is 0 Å². The fourth-order valence-electron chi connectivity index (χ4n) is 6.09. The van der Waals surface area contributed by atoms with Crippen molar-refractivity contribution in [3.05, 3.63) is 58.9 Å². The second-order valence-corrected chi connectivity index (χ2v) is 10.4. The summed E-state index contributed by atoms with van der Waals surface area (Å²) in [6.07, 6.45) is 9.39. The largest absolute Gasteiger partial charge is 0.498 e. The molecule has 3 nitrogen and oxygen atoms in total. The Balaban J connectivity index is 1.23. The molecule has 1 atom stereocenters. The zero-order chi connectivity index (χ0) is 26.2. The molecule has 2 aliphatic carbocycles. The number of alkyl halides is 2. The zero-order valence-corrected chi connectivity index (χ0v) is 21.4. The molecule has 0 N–H and O–H groups in total. The maximum Gasteiger partial charge on any atom is 0.305 e. The standard InChI is InChI=1S/C30H34F4O3/c1-3-5-21-11-10-20(17-36-21)19-8-6-18(7-9-19)16-37-25-15-13-23-22-12-14-24(35-4-2)28(31)26(22)30(33,34)27(23)29(25)32/h11-15,18-20H,3-10,16-17H2,1-2H3. The molecule has 0 aromatic heterocycles. The smallest absolute Gasteiger partial charge is 0.305 e. The van der Waals surface area contributed by atoms with Crippen molar-refractivity contribution in [2.75, 3.05) is 19.8 Å². The third-order valence-corrected chi connectivity index (χ3v) is 8.09. The van der Waals surface area contributed by atoms with Crippen LogP contribution in [-0.4, -0.2) is 19.8 Å². The molecule has 5 rings (SSSR count). The van der Waals surface area contributed by atoms with Crippen molar-refractivity contribution in [3.8, 4) is 22.6 Å². The molecule has 2 aromatic rings. The molecule has 2 aromatic carbocycles. The molecule has 1 unspecified atom stereocenters. The average Bonchev–Trinajstić information content (AvgIpc) is 3.14. The SMILES string of the molecule is CCCC1=CCC(C2CCC(COc3ccc4c(c3F)C(F)(F)c3c-4ccc(OCC)c3F)CC2)CO1. The monoisotopic (exact) mass is 518 g/mol. The van der Waals surface area contributed by atoms with E-state index in [-0.39, 0.29) is 41.8 Å². The van der Waals surface area contributed by atoms with Gasteiger partial charge in [-0.3, -0.25) is 0 Å². The number of rotatable bonds is 8. The predicted octanol–water partition coefficient (Wildman–Crippen LogP) is 8.39. The van der Waals surface area contributed by atoms with Crippen molar-refractivity contribution in [1.29, 1.82) is 0 Å². The lowest BCUT2D eigenvalue weighted by Gasteiger charge is -2.35. The summed E-state index contributed by atoms with van der Waals surface area (Å²) in [6.45, 7) is 4.97. The highest BCUT2D eigenvalue weighted by Gasteiger charge is 2.50. The van der Waals surface area contributed by atoms with Gasteiger partial charge in [0.2, 0.25) is 0 Å². The third-order valence-electron chi connectivity index (χ3n) is 8.09. The number of fused-ring (bicyclic) bond motifs is 3. The molecule has 1 heterocycles. The van der Waals surface area contributed by atoms with Gasteiger partial charge in [-0.2, -0.15) is 8.78 Å². The molecular weight excluding hydrogens is 484 g/mol. The van der Waals surface area contributed by atoms with Crippen LogP contribution in [0.4, 0.5) is 17.6 Å². The number of allylic oxidation sites excluding steroid dienone is 2. The van der Waals surface area contributed by atoms with Crippen molar-refractivity contribution >= 4 is 0 Å². The summed E-state index contributed by atoms with van der Waals surface area (Å²) in [7, 11) is 0. The summed E-state index contributed by atoms with van der Waals surface area (Å²) in [6, 6.07) is 5.44. The van der Waals surface area contributed by atoms with Gasteiger partial charge < -0.3 is 14.2 Å². The minimum atomic E-state index is -3.82. The van der Waals surface area contributed by atoms with Gasteiger partial charge in [0.1, 0.15) is 0 Å².